The molecule has 1 N–H and O–H groups in total. The Kier molecular flexibility index (Phi) is 2.76. The maximum atomic E-state index is 10.7. The van der Waals surface area contributed by atoms with Gasteiger partial charge in [-0.3, -0.25) is 0 Å². The molecule has 5 heteroatoms. The van der Waals surface area contributed by atoms with E-state index in [1.54, 1.807) is 0 Å². The molecule has 0 saturated heterocycles. The molecule has 0 aromatic carbocycles. The Morgan fingerprint density at radius 3 is 2.43 bits per heavy atom. The minimum absolute atomic E-state index is 0.0326. The monoisotopic (exact) mass is 214 g/mol. The van der Waals surface area contributed by atoms with Gasteiger partial charge in [0.25, 0.3) is 0 Å². The molecule has 1 aromatic rings. The number of aromatic nitrogens is 2. The van der Waals surface area contributed by atoms with E-state index in [1.165, 1.54) is 6.07 Å². The standard InChI is InChI=1S/C9H11ClN2O2/c1-9(2,3)6-4-5(7(13)14)11-8(10)12-6/h4H,1-3H3,(H,13,14). The Morgan fingerprint density at radius 2 is 2.00 bits per heavy atom. The summed E-state index contributed by atoms with van der Waals surface area (Å²) in [7, 11) is 0. The van der Waals surface area contributed by atoms with Crippen LogP contribution in [0.3, 0.4) is 0 Å². The summed E-state index contributed by atoms with van der Waals surface area (Å²) >= 11 is 5.61. The van der Waals surface area contributed by atoms with Crippen LogP contribution in [0.5, 0.6) is 0 Å². The van der Waals surface area contributed by atoms with Crippen LogP contribution in [-0.4, -0.2) is 21.0 Å². The molecule has 0 unspecified atom stereocenters. The second kappa shape index (κ2) is 3.53. The summed E-state index contributed by atoms with van der Waals surface area (Å²) in [4.78, 5) is 18.3. The Morgan fingerprint density at radius 1 is 1.43 bits per heavy atom. The van der Waals surface area contributed by atoms with E-state index in [0.717, 1.165) is 0 Å². The summed E-state index contributed by atoms with van der Waals surface area (Å²) in [6.45, 7) is 5.78. The van der Waals surface area contributed by atoms with E-state index in [9.17, 15) is 4.79 Å². The van der Waals surface area contributed by atoms with Crippen molar-refractivity contribution in [1.29, 1.82) is 0 Å². The van der Waals surface area contributed by atoms with E-state index in [2.05, 4.69) is 9.97 Å². The number of rotatable bonds is 1. The van der Waals surface area contributed by atoms with Gasteiger partial charge in [0.2, 0.25) is 5.28 Å². The molecule has 0 aliphatic rings. The number of nitrogens with zero attached hydrogens (tertiary/aromatic N) is 2. The third kappa shape index (κ3) is 2.42. The first-order valence-corrected chi connectivity index (χ1v) is 4.47. The SMILES string of the molecule is CC(C)(C)c1cc(C(=O)O)nc(Cl)n1. The summed E-state index contributed by atoms with van der Waals surface area (Å²) < 4.78 is 0. The van der Waals surface area contributed by atoms with Crippen LogP contribution in [0.2, 0.25) is 5.28 Å². The number of carboxylic acid groups (broad SMARTS) is 1. The lowest BCUT2D eigenvalue weighted by Crippen LogP contribution is -2.16. The number of carbonyl (C=O) groups is 1. The van der Waals surface area contributed by atoms with Gasteiger partial charge in [0.05, 0.1) is 5.69 Å². The van der Waals surface area contributed by atoms with Crippen LogP contribution in [0.1, 0.15) is 37.0 Å². The Labute approximate surface area is 87.0 Å². The van der Waals surface area contributed by atoms with Gasteiger partial charge in [-0.25, -0.2) is 14.8 Å². The van der Waals surface area contributed by atoms with Crippen LogP contribution in [0.4, 0.5) is 0 Å². The normalized spacial score (nSPS) is 11.4. The highest BCUT2D eigenvalue weighted by Crippen LogP contribution is 2.21. The van der Waals surface area contributed by atoms with Gasteiger partial charge in [-0.2, -0.15) is 0 Å². The Bertz CT molecular complexity index is 372. The third-order valence-corrected chi connectivity index (χ3v) is 1.86. The number of hydrogen-bond donors (Lipinski definition) is 1. The van der Waals surface area contributed by atoms with Crippen molar-refractivity contribution in [3.05, 3.63) is 22.7 Å². The molecule has 14 heavy (non-hydrogen) atoms. The van der Waals surface area contributed by atoms with E-state index in [-0.39, 0.29) is 16.4 Å². The smallest absolute Gasteiger partial charge is 0.354 e. The molecule has 76 valence electrons. The fourth-order valence-corrected chi connectivity index (χ4v) is 1.09. The van der Waals surface area contributed by atoms with Crippen molar-refractivity contribution in [3.63, 3.8) is 0 Å². The van der Waals surface area contributed by atoms with Crippen LogP contribution in [0.15, 0.2) is 6.07 Å². The number of hydrogen-bond acceptors (Lipinski definition) is 3. The van der Waals surface area contributed by atoms with Gasteiger partial charge in [0, 0.05) is 5.41 Å². The van der Waals surface area contributed by atoms with E-state index in [4.69, 9.17) is 16.7 Å². The summed E-state index contributed by atoms with van der Waals surface area (Å²) in [5.74, 6) is -1.10. The van der Waals surface area contributed by atoms with Crippen LogP contribution in [0.25, 0.3) is 0 Å². The molecule has 0 amide bonds. The van der Waals surface area contributed by atoms with Crippen molar-refractivity contribution in [3.8, 4) is 0 Å². The fourth-order valence-electron chi connectivity index (χ4n) is 0.912. The number of aromatic carboxylic acids is 1. The molecular weight excluding hydrogens is 204 g/mol. The molecule has 0 fully saturated rings. The molecule has 0 saturated carbocycles. The van der Waals surface area contributed by atoms with Crippen LogP contribution in [0, 0.1) is 0 Å². The zero-order chi connectivity index (χ0) is 10.9. The molecule has 0 aliphatic carbocycles. The lowest BCUT2D eigenvalue weighted by molar-refractivity contribution is 0.0690. The minimum atomic E-state index is -1.10. The first-order chi connectivity index (χ1) is 6.30. The predicted molar refractivity (Wildman–Crippen MR) is 52.7 cm³/mol. The Balaban J connectivity index is 3.28. The molecule has 1 rings (SSSR count). The van der Waals surface area contributed by atoms with Crippen molar-refractivity contribution in [2.24, 2.45) is 0 Å². The third-order valence-electron chi connectivity index (χ3n) is 1.69. The van der Waals surface area contributed by atoms with Crippen molar-refractivity contribution < 1.29 is 9.90 Å². The molecule has 0 radical (unpaired) electrons. The highest BCUT2D eigenvalue weighted by Gasteiger charge is 2.19. The van der Waals surface area contributed by atoms with Crippen molar-refractivity contribution >= 4 is 17.6 Å². The van der Waals surface area contributed by atoms with E-state index in [1.807, 2.05) is 20.8 Å². The van der Waals surface area contributed by atoms with Gasteiger partial charge >= 0.3 is 5.97 Å². The first kappa shape index (κ1) is 10.9. The van der Waals surface area contributed by atoms with Gasteiger partial charge in [0.15, 0.2) is 5.69 Å². The zero-order valence-electron chi connectivity index (χ0n) is 8.21. The molecule has 1 aromatic heterocycles. The fraction of sp³-hybridized carbons (Fsp3) is 0.444. The van der Waals surface area contributed by atoms with Gasteiger partial charge in [-0.05, 0) is 17.7 Å². The summed E-state index contributed by atoms with van der Waals surface area (Å²) in [5, 5.41) is 8.72. The average molecular weight is 215 g/mol. The van der Waals surface area contributed by atoms with Crippen molar-refractivity contribution in [2.45, 2.75) is 26.2 Å². The molecule has 0 bridgehead atoms. The maximum absolute atomic E-state index is 10.7. The average Bonchev–Trinajstić information content (AvgIpc) is 2.01. The molecule has 1 heterocycles. The van der Waals surface area contributed by atoms with Crippen LogP contribution in [-0.2, 0) is 5.41 Å². The molecular formula is C9H11ClN2O2. The van der Waals surface area contributed by atoms with Gasteiger partial charge in [0.1, 0.15) is 0 Å². The van der Waals surface area contributed by atoms with Crippen molar-refractivity contribution in [1.82, 2.24) is 9.97 Å². The molecule has 0 atom stereocenters. The molecule has 0 aliphatic heterocycles. The van der Waals surface area contributed by atoms with Gasteiger partial charge < -0.3 is 5.11 Å². The van der Waals surface area contributed by atoms with Gasteiger partial charge in [-0.15, -0.1) is 0 Å². The first-order valence-electron chi connectivity index (χ1n) is 4.09. The second-order valence-electron chi connectivity index (χ2n) is 3.96. The zero-order valence-corrected chi connectivity index (χ0v) is 8.96. The minimum Gasteiger partial charge on any atom is -0.477 e. The largest absolute Gasteiger partial charge is 0.477 e. The van der Waals surface area contributed by atoms with Crippen LogP contribution < -0.4 is 0 Å². The van der Waals surface area contributed by atoms with Crippen LogP contribution >= 0.6 is 11.6 Å². The quantitative estimate of drug-likeness (QED) is 0.728. The highest BCUT2D eigenvalue weighted by molar-refractivity contribution is 6.28. The molecule has 4 nitrogen and oxygen atoms in total. The maximum Gasteiger partial charge on any atom is 0.354 e. The number of halogens is 1. The number of carboxylic acids is 1. The summed E-state index contributed by atoms with van der Waals surface area (Å²) in [6, 6.07) is 1.44. The predicted octanol–water partition coefficient (Wildman–Crippen LogP) is 2.13. The Hall–Kier alpha value is -1.16. The van der Waals surface area contributed by atoms with Crippen molar-refractivity contribution in [2.75, 3.05) is 0 Å². The summed E-state index contributed by atoms with van der Waals surface area (Å²) in [6.07, 6.45) is 0. The van der Waals surface area contributed by atoms with E-state index >= 15 is 0 Å². The van der Waals surface area contributed by atoms with Gasteiger partial charge in [-0.1, -0.05) is 20.8 Å². The lowest BCUT2D eigenvalue weighted by Gasteiger charge is -2.17. The summed E-state index contributed by atoms with van der Waals surface area (Å²) in [5.41, 5.74) is 0.307. The lowest BCUT2D eigenvalue weighted by atomic mass is 9.91. The van der Waals surface area contributed by atoms with E-state index in [0.29, 0.717) is 5.69 Å². The second-order valence-corrected chi connectivity index (χ2v) is 4.30. The molecule has 0 spiro atoms. The highest BCUT2D eigenvalue weighted by atomic mass is 35.5. The van der Waals surface area contributed by atoms with E-state index < -0.39 is 5.97 Å². The topological polar surface area (TPSA) is 63.1 Å².